The van der Waals surface area contributed by atoms with Gasteiger partial charge in [-0.2, -0.15) is 0 Å². The van der Waals surface area contributed by atoms with Crippen LogP contribution in [-0.4, -0.2) is 78.6 Å². The van der Waals surface area contributed by atoms with Crippen LogP contribution in [0.3, 0.4) is 0 Å². The quantitative estimate of drug-likeness (QED) is 0.218. The highest BCUT2D eigenvalue weighted by atomic mass is 32.2. The Hall–Kier alpha value is -3.43. The maximum Gasteiger partial charge on any atom is 0.271 e. The Morgan fingerprint density at radius 1 is 1.11 bits per heavy atom. The SMILES string of the molecule is CC[C@@H](C(=O)NCCOc1ccc(S(=O)(=O)N(C)C)cc1)N(c1cc([N+](=O)[O-])ccc1OC)S(C)(=O)=O. The molecule has 0 saturated carbocycles. The molecule has 0 aliphatic heterocycles. The molecule has 2 aromatic carbocycles. The van der Waals surface area contributed by atoms with Gasteiger partial charge in [0.15, 0.2) is 0 Å². The number of anilines is 1. The molecule has 0 fully saturated rings. The third-order valence-corrected chi connectivity index (χ3v) is 8.21. The van der Waals surface area contributed by atoms with Crippen molar-refractivity contribution in [2.24, 2.45) is 0 Å². The molecule has 1 amide bonds. The van der Waals surface area contributed by atoms with Crippen LogP contribution >= 0.6 is 0 Å². The third kappa shape index (κ3) is 7.30. The van der Waals surface area contributed by atoms with Crippen molar-refractivity contribution in [3.8, 4) is 11.5 Å². The standard InChI is InChI=1S/C22H30N4O9S2/c1-6-19(25(36(5,30)31)20-15-16(26(28)29)7-12-21(20)34-4)22(27)23-13-14-35-17-8-10-18(11-9-17)37(32,33)24(2)3/h7-12,15,19H,6,13-14H2,1-5H3,(H,23,27)/t19-/m0/s1. The number of hydrogen-bond acceptors (Lipinski definition) is 9. The summed E-state index contributed by atoms with van der Waals surface area (Å²) in [6.45, 7) is 1.63. The molecule has 0 aliphatic carbocycles. The number of sulfonamides is 2. The molecule has 15 heteroatoms. The number of carbonyl (C=O) groups is 1. The van der Waals surface area contributed by atoms with Crippen molar-refractivity contribution in [1.82, 2.24) is 9.62 Å². The van der Waals surface area contributed by atoms with Crippen LogP contribution in [0.15, 0.2) is 47.4 Å². The number of carbonyl (C=O) groups excluding carboxylic acids is 1. The number of nitrogens with one attached hydrogen (secondary N) is 1. The van der Waals surface area contributed by atoms with Gasteiger partial charge in [-0.05, 0) is 36.8 Å². The van der Waals surface area contributed by atoms with Gasteiger partial charge in [-0.1, -0.05) is 6.92 Å². The largest absolute Gasteiger partial charge is 0.495 e. The summed E-state index contributed by atoms with van der Waals surface area (Å²) in [6.07, 6.45) is 0.956. The van der Waals surface area contributed by atoms with Gasteiger partial charge in [0.1, 0.15) is 29.8 Å². The third-order valence-electron chi connectivity index (χ3n) is 5.21. The molecule has 0 radical (unpaired) electrons. The molecule has 37 heavy (non-hydrogen) atoms. The van der Waals surface area contributed by atoms with Gasteiger partial charge in [-0.25, -0.2) is 21.1 Å². The predicted molar refractivity (Wildman–Crippen MR) is 137 cm³/mol. The van der Waals surface area contributed by atoms with Gasteiger partial charge in [-0.15, -0.1) is 0 Å². The van der Waals surface area contributed by atoms with Crippen LogP contribution in [0.4, 0.5) is 11.4 Å². The second kappa shape index (κ2) is 12.2. The molecule has 1 N–H and O–H groups in total. The monoisotopic (exact) mass is 558 g/mol. The Balaban J connectivity index is 2.15. The Kier molecular flexibility index (Phi) is 9.83. The summed E-state index contributed by atoms with van der Waals surface area (Å²) in [5, 5.41) is 13.9. The van der Waals surface area contributed by atoms with Crippen molar-refractivity contribution >= 4 is 37.3 Å². The van der Waals surface area contributed by atoms with E-state index in [9.17, 15) is 31.7 Å². The molecule has 2 aromatic rings. The lowest BCUT2D eigenvalue weighted by Crippen LogP contribution is -2.50. The molecule has 0 heterocycles. The molecule has 0 bridgehead atoms. The first kappa shape index (κ1) is 29.8. The molecule has 204 valence electrons. The number of methoxy groups -OCH3 is 1. The van der Waals surface area contributed by atoms with Gasteiger partial charge >= 0.3 is 0 Å². The number of nitrogens with zero attached hydrogens (tertiary/aromatic N) is 3. The summed E-state index contributed by atoms with van der Waals surface area (Å²) in [7, 11) is -3.51. The fraction of sp³-hybridized carbons (Fsp3) is 0.409. The molecule has 0 saturated heterocycles. The Morgan fingerprint density at radius 2 is 1.73 bits per heavy atom. The molecule has 2 rings (SSSR count). The van der Waals surface area contributed by atoms with Gasteiger partial charge in [0.25, 0.3) is 5.69 Å². The van der Waals surface area contributed by atoms with E-state index in [4.69, 9.17) is 9.47 Å². The van der Waals surface area contributed by atoms with E-state index < -0.39 is 36.9 Å². The van der Waals surface area contributed by atoms with Crippen LogP contribution in [0.1, 0.15) is 13.3 Å². The molecule has 1 atom stereocenters. The second-order valence-corrected chi connectivity index (χ2v) is 12.0. The Bertz CT molecular complexity index is 1330. The second-order valence-electron chi connectivity index (χ2n) is 7.99. The van der Waals surface area contributed by atoms with Gasteiger partial charge in [0, 0.05) is 26.2 Å². The van der Waals surface area contributed by atoms with E-state index in [1.165, 1.54) is 57.6 Å². The molecule has 0 aromatic heterocycles. The minimum atomic E-state index is -4.06. The van der Waals surface area contributed by atoms with Crippen LogP contribution in [0.5, 0.6) is 11.5 Å². The van der Waals surface area contributed by atoms with E-state index in [0.717, 1.165) is 20.9 Å². The van der Waals surface area contributed by atoms with Crippen molar-refractivity contribution in [2.75, 3.05) is 44.9 Å². The zero-order valence-corrected chi connectivity index (χ0v) is 22.7. The van der Waals surface area contributed by atoms with Crippen LogP contribution in [0.2, 0.25) is 0 Å². The number of nitro benzene ring substituents is 1. The summed E-state index contributed by atoms with van der Waals surface area (Å²) < 4.78 is 62.3. The summed E-state index contributed by atoms with van der Waals surface area (Å²) >= 11 is 0. The van der Waals surface area contributed by atoms with Gasteiger partial charge < -0.3 is 14.8 Å². The smallest absolute Gasteiger partial charge is 0.271 e. The Labute approximate surface area is 216 Å². The topological polar surface area (TPSA) is 165 Å². The zero-order valence-electron chi connectivity index (χ0n) is 21.1. The van der Waals surface area contributed by atoms with Crippen LogP contribution in [0.25, 0.3) is 0 Å². The highest BCUT2D eigenvalue weighted by molar-refractivity contribution is 7.92. The lowest BCUT2D eigenvalue weighted by atomic mass is 10.1. The molecular formula is C22H30N4O9S2. The van der Waals surface area contributed by atoms with Crippen molar-refractivity contribution in [3.05, 3.63) is 52.6 Å². The lowest BCUT2D eigenvalue weighted by Gasteiger charge is -2.30. The number of rotatable bonds is 13. The van der Waals surface area contributed by atoms with Crippen molar-refractivity contribution < 1.29 is 36.0 Å². The number of nitro groups is 1. The van der Waals surface area contributed by atoms with E-state index in [1.807, 2.05) is 0 Å². The van der Waals surface area contributed by atoms with Crippen molar-refractivity contribution in [3.63, 3.8) is 0 Å². The first-order chi connectivity index (χ1) is 17.2. The first-order valence-electron chi connectivity index (χ1n) is 11.0. The molecule has 13 nitrogen and oxygen atoms in total. The van der Waals surface area contributed by atoms with E-state index >= 15 is 0 Å². The number of non-ortho nitro benzene ring substituents is 1. The molecule has 0 spiro atoms. The minimum absolute atomic E-state index is 0.0107. The minimum Gasteiger partial charge on any atom is -0.495 e. The predicted octanol–water partition coefficient (Wildman–Crippen LogP) is 1.59. The van der Waals surface area contributed by atoms with Crippen molar-refractivity contribution in [1.29, 1.82) is 0 Å². The van der Waals surface area contributed by atoms with E-state index in [1.54, 1.807) is 6.92 Å². The number of amides is 1. The first-order valence-corrected chi connectivity index (χ1v) is 14.3. The maximum atomic E-state index is 13.0. The highest BCUT2D eigenvalue weighted by Gasteiger charge is 2.34. The van der Waals surface area contributed by atoms with Crippen LogP contribution in [-0.2, 0) is 24.8 Å². The van der Waals surface area contributed by atoms with Gasteiger partial charge in [0.05, 0.1) is 29.7 Å². The summed E-state index contributed by atoms with van der Waals surface area (Å²) in [4.78, 5) is 23.6. The van der Waals surface area contributed by atoms with Gasteiger partial charge in [-0.3, -0.25) is 19.2 Å². The summed E-state index contributed by atoms with van der Waals surface area (Å²) in [5.74, 6) is -0.221. The van der Waals surface area contributed by atoms with Gasteiger partial charge in [0.2, 0.25) is 26.0 Å². The normalized spacial score (nSPS) is 12.6. The summed E-state index contributed by atoms with van der Waals surface area (Å²) in [6, 6.07) is 8.00. The van der Waals surface area contributed by atoms with E-state index in [2.05, 4.69) is 5.32 Å². The molecular weight excluding hydrogens is 528 g/mol. The maximum absolute atomic E-state index is 13.0. The number of ether oxygens (including phenoxy) is 2. The van der Waals surface area contributed by atoms with E-state index in [0.29, 0.717) is 5.75 Å². The highest BCUT2D eigenvalue weighted by Crippen LogP contribution is 2.35. The lowest BCUT2D eigenvalue weighted by molar-refractivity contribution is -0.384. The molecule has 0 unspecified atom stereocenters. The summed E-state index contributed by atoms with van der Waals surface area (Å²) in [5.41, 5.74) is -0.497. The van der Waals surface area contributed by atoms with E-state index in [-0.39, 0.29) is 41.6 Å². The Morgan fingerprint density at radius 3 is 2.22 bits per heavy atom. The number of hydrogen-bond donors (Lipinski definition) is 1. The van der Waals surface area contributed by atoms with Crippen molar-refractivity contribution in [2.45, 2.75) is 24.3 Å². The molecule has 0 aliphatic rings. The van der Waals surface area contributed by atoms with Crippen LogP contribution < -0.4 is 19.1 Å². The fourth-order valence-electron chi connectivity index (χ4n) is 3.38. The zero-order chi connectivity index (χ0) is 28.0. The average molecular weight is 559 g/mol. The van der Waals surface area contributed by atoms with Crippen LogP contribution in [0, 0.1) is 10.1 Å². The number of benzene rings is 2. The fourth-order valence-corrected chi connectivity index (χ4v) is 5.49. The average Bonchev–Trinajstić information content (AvgIpc) is 2.83.